The van der Waals surface area contributed by atoms with Crippen LogP contribution in [0.15, 0.2) is 35.7 Å². The molecule has 6 heteroatoms. The molecule has 0 unspecified atom stereocenters. The van der Waals surface area contributed by atoms with Crippen molar-refractivity contribution in [2.24, 2.45) is 0 Å². The lowest BCUT2D eigenvalue weighted by atomic mass is 9.64. The first kappa shape index (κ1) is 15.7. The second-order valence-electron chi connectivity index (χ2n) is 5.74. The van der Waals surface area contributed by atoms with Gasteiger partial charge in [0.05, 0.1) is 10.4 Å². The zero-order chi connectivity index (χ0) is 16.3. The Balaban J connectivity index is 1.59. The van der Waals surface area contributed by atoms with Gasteiger partial charge in [-0.05, 0) is 18.4 Å². The molecule has 2 N–H and O–H groups in total. The summed E-state index contributed by atoms with van der Waals surface area (Å²) in [6.45, 7) is 0.472. The van der Waals surface area contributed by atoms with Crippen LogP contribution in [-0.4, -0.2) is 28.5 Å². The van der Waals surface area contributed by atoms with E-state index < -0.39 is 11.4 Å². The van der Waals surface area contributed by atoms with Crippen molar-refractivity contribution in [1.82, 2.24) is 10.3 Å². The van der Waals surface area contributed by atoms with E-state index in [0.717, 1.165) is 29.8 Å². The first-order valence-corrected chi connectivity index (χ1v) is 8.51. The molecule has 3 rings (SSSR count). The molecule has 0 aliphatic heterocycles. The minimum absolute atomic E-state index is 0.0602. The number of hydrogen-bond donors (Lipinski definition) is 2. The summed E-state index contributed by atoms with van der Waals surface area (Å²) in [5.74, 6) is -0.959. The van der Waals surface area contributed by atoms with E-state index in [1.165, 1.54) is 16.7 Å². The minimum Gasteiger partial charge on any atom is -0.476 e. The van der Waals surface area contributed by atoms with E-state index in [0.29, 0.717) is 13.0 Å². The van der Waals surface area contributed by atoms with E-state index in [-0.39, 0.29) is 11.6 Å². The summed E-state index contributed by atoms with van der Waals surface area (Å²) < 4.78 is 0. The largest absolute Gasteiger partial charge is 0.476 e. The van der Waals surface area contributed by atoms with E-state index in [1.807, 2.05) is 30.3 Å². The van der Waals surface area contributed by atoms with Crippen molar-refractivity contribution in [2.75, 3.05) is 6.54 Å². The number of aromatic carboxylic acids is 1. The minimum atomic E-state index is -1.02. The lowest BCUT2D eigenvalue weighted by Crippen LogP contribution is -2.49. The van der Waals surface area contributed by atoms with E-state index in [9.17, 15) is 9.59 Å². The Morgan fingerprint density at radius 3 is 2.57 bits per heavy atom. The van der Waals surface area contributed by atoms with Crippen LogP contribution in [0.5, 0.6) is 0 Å². The number of carboxylic acid groups (broad SMARTS) is 1. The number of thiazole rings is 1. The van der Waals surface area contributed by atoms with Gasteiger partial charge in [0.25, 0.3) is 0 Å². The predicted molar refractivity (Wildman–Crippen MR) is 87.8 cm³/mol. The van der Waals surface area contributed by atoms with Crippen LogP contribution in [0.1, 0.15) is 40.3 Å². The quantitative estimate of drug-likeness (QED) is 0.853. The summed E-state index contributed by atoms with van der Waals surface area (Å²) in [4.78, 5) is 27.5. The van der Waals surface area contributed by atoms with Crippen LogP contribution in [0.4, 0.5) is 0 Å². The highest BCUT2D eigenvalue weighted by Gasteiger charge is 2.45. The van der Waals surface area contributed by atoms with Crippen molar-refractivity contribution >= 4 is 23.2 Å². The molecule has 1 aliphatic carbocycles. The van der Waals surface area contributed by atoms with Gasteiger partial charge in [-0.1, -0.05) is 36.8 Å². The molecule has 0 atom stereocenters. The lowest BCUT2D eigenvalue weighted by Gasteiger charge is -2.40. The monoisotopic (exact) mass is 330 g/mol. The molecule has 1 aromatic carbocycles. The van der Waals surface area contributed by atoms with Gasteiger partial charge in [-0.25, -0.2) is 9.78 Å². The van der Waals surface area contributed by atoms with Crippen molar-refractivity contribution in [3.8, 4) is 0 Å². The molecular weight excluding hydrogens is 312 g/mol. The van der Waals surface area contributed by atoms with Gasteiger partial charge in [-0.3, -0.25) is 4.79 Å². The lowest BCUT2D eigenvalue weighted by molar-refractivity contribution is -0.129. The van der Waals surface area contributed by atoms with Gasteiger partial charge in [-0.2, -0.15) is 0 Å². The Morgan fingerprint density at radius 2 is 2.00 bits per heavy atom. The third-order valence-electron chi connectivity index (χ3n) is 4.36. The fourth-order valence-electron chi connectivity index (χ4n) is 2.91. The number of carbonyl (C=O) groups is 2. The van der Waals surface area contributed by atoms with Gasteiger partial charge in [0.2, 0.25) is 5.91 Å². The molecule has 1 amide bonds. The summed E-state index contributed by atoms with van der Waals surface area (Å²) in [5, 5.41) is 14.1. The van der Waals surface area contributed by atoms with Crippen LogP contribution < -0.4 is 5.32 Å². The molecule has 5 nitrogen and oxygen atoms in total. The van der Waals surface area contributed by atoms with Crippen LogP contribution >= 0.6 is 11.3 Å². The summed E-state index contributed by atoms with van der Waals surface area (Å²) in [7, 11) is 0. The predicted octanol–water partition coefficient (Wildman–Crippen LogP) is 2.62. The van der Waals surface area contributed by atoms with Crippen LogP contribution in [0.25, 0.3) is 0 Å². The SMILES string of the molecule is O=C(O)c1csc(CCNC(=O)C2(c3ccccc3)CCC2)n1. The zero-order valence-electron chi connectivity index (χ0n) is 12.6. The highest BCUT2D eigenvalue weighted by atomic mass is 32.1. The standard InChI is InChI=1S/C17H18N2O3S/c20-15(21)13-11-23-14(19-13)7-10-18-16(22)17(8-4-9-17)12-5-2-1-3-6-12/h1-3,5-6,11H,4,7-10H2,(H,18,22)(H,20,21). The van der Waals surface area contributed by atoms with Crippen molar-refractivity contribution in [3.05, 3.63) is 52.0 Å². The number of aromatic nitrogens is 1. The topological polar surface area (TPSA) is 79.3 Å². The molecule has 0 bridgehead atoms. The van der Waals surface area contributed by atoms with Crippen molar-refractivity contribution < 1.29 is 14.7 Å². The van der Waals surface area contributed by atoms with Crippen LogP contribution in [0.2, 0.25) is 0 Å². The molecule has 1 saturated carbocycles. The van der Waals surface area contributed by atoms with Gasteiger partial charge in [-0.15, -0.1) is 11.3 Å². The number of amides is 1. The summed E-state index contributed by atoms with van der Waals surface area (Å²) >= 11 is 1.31. The summed E-state index contributed by atoms with van der Waals surface area (Å²) in [6.07, 6.45) is 3.37. The van der Waals surface area contributed by atoms with Crippen LogP contribution in [0, 0.1) is 0 Å². The number of benzene rings is 1. The van der Waals surface area contributed by atoms with Crippen molar-refractivity contribution in [3.63, 3.8) is 0 Å². The smallest absolute Gasteiger partial charge is 0.355 e. The Kier molecular flexibility index (Phi) is 4.43. The van der Waals surface area contributed by atoms with Crippen LogP contribution in [-0.2, 0) is 16.6 Å². The van der Waals surface area contributed by atoms with Crippen molar-refractivity contribution in [1.29, 1.82) is 0 Å². The average molecular weight is 330 g/mol. The molecule has 1 aromatic heterocycles. The highest BCUT2D eigenvalue weighted by Crippen LogP contribution is 2.43. The average Bonchev–Trinajstić information content (AvgIpc) is 2.96. The van der Waals surface area contributed by atoms with Gasteiger partial charge < -0.3 is 10.4 Å². The first-order valence-electron chi connectivity index (χ1n) is 7.63. The summed E-state index contributed by atoms with van der Waals surface area (Å²) in [5.41, 5.74) is 0.748. The third-order valence-corrected chi connectivity index (χ3v) is 5.27. The molecule has 0 saturated heterocycles. The van der Waals surface area contributed by atoms with Gasteiger partial charge in [0.15, 0.2) is 5.69 Å². The van der Waals surface area contributed by atoms with Gasteiger partial charge in [0.1, 0.15) is 0 Å². The molecule has 0 radical (unpaired) electrons. The third kappa shape index (κ3) is 3.12. The number of nitrogens with zero attached hydrogens (tertiary/aromatic N) is 1. The van der Waals surface area contributed by atoms with E-state index in [2.05, 4.69) is 10.3 Å². The summed E-state index contributed by atoms with van der Waals surface area (Å²) in [6, 6.07) is 9.91. The van der Waals surface area contributed by atoms with Crippen molar-refractivity contribution in [2.45, 2.75) is 31.1 Å². The Labute approximate surface area is 138 Å². The van der Waals surface area contributed by atoms with E-state index in [1.54, 1.807) is 0 Å². The number of rotatable bonds is 6. The molecular formula is C17H18N2O3S. The molecule has 1 fully saturated rings. The molecule has 23 heavy (non-hydrogen) atoms. The maximum absolute atomic E-state index is 12.6. The fraction of sp³-hybridized carbons (Fsp3) is 0.353. The maximum Gasteiger partial charge on any atom is 0.355 e. The number of carboxylic acids is 1. The second-order valence-corrected chi connectivity index (χ2v) is 6.68. The number of nitrogens with one attached hydrogen (secondary N) is 1. The fourth-order valence-corrected chi connectivity index (χ4v) is 3.68. The highest BCUT2D eigenvalue weighted by molar-refractivity contribution is 7.09. The molecule has 2 aromatic rings. The number of carbonyl (C=O) groups excluding carboxylic acids is 1. The number of hydrogen-bond acceptors (Lipinski definition) is 4. The van der Waals surface area contributed by atoms with E-state index >= 15 is 0 Å². The second kappa shape index (κ2) is 6.50. The Morgan fingerprint density at radius 1 is 1.26 bits per heavy atom. The van der Waals surface area contributed by atoms with Gasteiger partial charge in [0, 0.05) is 18.3 Å². The van der Waals surface area contributed by atoms with E-state index in [4.69, 9.17) is 5.11 Å². The normalized spacial score (nSPS) is 15.7. The first-order chi connectivity index (χ1) is 11.1. The van der Waals surface area contributed by atoms with Gasteiger partial charge >= 0.3 is 5.97 Å². The maximum atomic E-state index is 12.6. The molecule has 0 spiro atoms. The molecule has 1 aliphatic rings. The molecule has 120 valence electrons. The Bertz CT molecular complexity index is 708. The Hall–Kier alpha value is -2.21. The zero-order valence-corrected chi connectivity index (χ0v) is 13.4. The molecule has 1 heterocycles. The van der Waals surface area contributed by atoms with Crippen LogP contribution in [0.3, 0.4) is 0 Å².